The van der Waals surface area contributed by atoms with Crippen LogP contribution in [0.3, 0.4) is 0 Å². The summed E-state index contributed by atoms with van der Waals surface area (Å²) in [6.45, 7) is 0.974. The van der Waals surface area contributed by atoms with Gasteiger partial charge in [0.2, 0.25) is 11.8 Å². The Balaban J connectivity index is 1.59. The fraction of sp³-hybridized carbons (Fsp3) is 0.516. The van der Waals surface area contributed by atoms with Crippen LogP contribution in [-0.4, -0.2) is 38.1 Å². The number of hydrogen-bond acceptors (Lipinski definition) is 6. The summed E-state index contributed by atoms with van der Waals surface area (Å²) in [5.41, 5.74) is 0.720. The molecular formula is C31H32F9N7O2. The molecule has 0 spiro atoms. The van der Waals surface area contributed by atoms with Crippen molar-refractivity contribution in [2.75, 3.05) is 9.80 Å². The maximum absolute atomic E-state index is 14.0. The molecule has 18 heteroatoms. The molecule has 0 saturated heterocycles. The number of amides is 2. The Kier molecular flexibility index (Phi) is 9.64. The molecular weight excluding hydrogens is 673 g/mol. The fourth-order valence-electron chi connectivity index (χ4n) is 6.75. The number of aryl methyl sites for hydroxylation is 1. The predicted molar refractivity (Wildman–Crippen MR) is 156 cm³/mol. The van der Waals surface area contributed by atoms with Gasteiger partial charge in [-0.15, -0.1) is 5.10 Å². The summed E-state index contributed by atoms with van der Waals surface area (Å²) in [5.74, 6) is -1.56. The number of fused-ring (bicyclic) bond motifs is 1. The van der Waals surface area contributed by atoms with Gasteiger partial charge in [0.1, 0.15) is 0 Å². The number of nitrogens with zero attached hydrogens (tertiary/aromatic N) is 6. The van der Waals surface area contributed by atoms with Crippen LogP contribution < -0.4 is 15.5 Å². The number of carbonyl (C=O) groups excluding carboxylic acids is 2. The number of halogens is 9. The van der Waals surface area contributed by atoms with Crippen molar-refractivity contribution in [3.63, 3.8) is 0 Å². The van der Waals surface area contributed by atoms with Crippen LogP contribution >= 0.6 is 0 Å². The number of hydrogen-bond donors (Lipinski definition) is 1. The first-order chi connectivity index (χ1) is 22.7. The Morgan fingerprint density at radius 3 is 1.98 bits per heavy atom. The summed E-state index contributed by atoms with van der Waals surface area (Å²) in [4.78, 5) is 29.0. The van der Waals surface area contributed by atoms with Crippen molar-refractivity contribution in [3.8, 4) is 0 Å². The topological polar surface area (TPSA) is 110 Å². The third-order valence-corrected chi connectivity index (χ3v) is 9.03. The molecule has 1 saturated carbocycles. The number of aromatic nitrogens is 4. The lowest BCUT2D eigenvalue weighted by Gasteiger charge is -2.45. The molecule has 2 atom stereocenters. The van der Waals surface area contributed by atoms with Crippen LogP contribution in [0.4, 0.5) is 51.1 Å². The zero-order valence-electron chi connectivity index (χ0n) is 26.2. The van der Waals surface area contributed by atoms with Crippen molar-refractivity contribution in [1.29, 1.82) is 0 Å². The van der Waals surface area contributed by atoms with Crippen molar-refractivity contribution in [1.82, 2.24) is 20.2 Å². The number of anilines is 2. The predicted octanol–water partition coefficient (Wildman–Crippen LogP) is 6.82. The van der Waals surface area contributed by atoms with Crippen molar-refractivity contribution in [2.24, 2.45) is 24.6 Å². The lowest BCUT2D eigenvalue weighted by molar-refractivity contribution is -0.143. The molecule has 3 aromatic rings. The van der Waals surface area contributed by atoms with E-state index in [9.17, 15) is 49.1 Å². The standard InChI is InChI=1S/C31H32F9N7O2/c1-16-9-25(46(28-42-44-45(2)43-28)15-18-10-21(30(35,36)37)13-22(11-18)31(38,39)40)23-14-20(29(32,33)34)7-8-24(23)47(16)27(49)19-5-3-17(4-6-19)12-26(41)48/h7-8,10-11,13-14,16-17,19,25H,3-6,9,12,15H2,1-2H3,(H2,41,48)/t16-,17?,19?,25-/m1/s1. The number of benzene rings is 2. The molecule has 2 heterocycles. The quantitative estimate of drug-likeness (QED) is 0.270. The average molecular weight is 706 g/mol. The number of rotatable bonds is 7. The minimum Gasteiger partial charge on any atom is -0.370 e. The van der Waals surface area contributed by atoms with E-state index < -0.39 is 71.2 Å². The van der Waals surface area contributed by atoms with Gasteiger partial charge in [-0.2, -0.15) is 44.3 Å². The monoisotopic (exact) mass is 705 g/mol. The van der Waals surface area contributed by atoms with E-state index in [0.717, 1.165) is 23.0 Å². The average Bonchev–Trinajstić information content (AvgIpc) is 3.43. The second kappa shape index (κ2) is 13.2. The Labute approximate surface area is 274 Å². The first kappa shape index (κ1) is 35.9. The smallest absolute Gasteiger partial charge is 0.370 e. The molecule has 2 amide bonds. The number of primary amides is 1. The van der Waals surface area contributed by atoms with Gasteiger partial charge in [0.25, 0.3) is 5.95 Å². The van der Waals surface area contributed by atoms with Crippen LogP contribution in [0.2, 0.25) is 0 Å². The van der Waals surface area contributed by atoms with Crippen molar-refractivity contribution in [3.05, 3.63) is 64.2 Å². The van der Waals surface area contributed by atoms with Gasteiger partial charge in [-0.3, -0.25) is 9.59 Å². The molecule has 0 radical (unpaired) electrons. The molecule has 266 valence electrons. The second-order valence-electron chi connectivity index (χ2n) is 12.6. The maximum atomic E-state index is 14.0. The molecule has 2 N–H and O–H groups in total. The van der Waals surface area contributed by atoms with Gasteiger partial charge in [-0.25, -0.2) is 0 Å². The van der Waals surface area contributed by atoms with Crippen LogP contribution in [0.15, 0.2) is 36.4 Å². The lowest BCUT2D eigenvalue weighted by Crippen LogP contribution is -2.49. The second-order valence-corrected chi connectivity index (χ2v) is 12.6. The Morgan fingerprint density at radius 2 is 1.47 bits per heavy atom. The highest BCUT2D eigenvalue weighted by Gasteiger charge is 2.43. The van der Waals surface area contributed by atoms with E-state index in [1.807, 2.05) is 0 Å². The van der Waals surface area contributed by atoms with E-state index in [2.05, 4.69) is 15.4 Å². The molecule has 5 rings (SSSR count). The highest BCUT2D eigenvalue weighted by atomic mass is 19.4. The van der Waals surface area contributed by atoms with Crippen molar-refractivity contribution in [2.45, 2.75) is 82.6 Å². The van der Waals surface area contributed by atoms with Gasteiger partial charge >= 0.3 is 18.5 Å². The summed E-state index contributed by atoms with van der Waals surface area (Å²) in [5, 5.41) is 11.7. The van der Waals surface area contributed by atoms with Gasteiger partial charge in [-0.1, -0.05) is 5.10 Å². The number of nitrogens with two attached hydrogens (primary N) is 1. The van der Waals surface area contributed by atoms with Gasteiger partial charge in [0.05, 0.1) is 29.8 Å². The maximum Gasteiger partial charge on any atom is 0.416 e. The molecule has 2 aromatic carbocycles. The fourth-order valence-corrected chi connectivity index (χ4v) is 6.75. The van der Waals surface area contributed by atoms with E-state index in [1.54, 1.807) is 6.92 Å². The molecule has 1 fully saturated rings. The zero-order chi connectivity index (χ0) is 36.1. The van der Waals surface area contributed by atoms with Gasteiger partial charge in [0, 0.05) is 30.6 Å². The summed E-state index contributed by atoms with van der Waals surface area (Å²) in [6, 6.07) is 1.99. The minimum atomic E-state index is -5.14. The van der Waals surface area contributed by atoms with Gasteiger partial charge < -0.3 is 15.5 Å². The number of carbonyl (C=O) groups is 2. The van der Waals surface area contributed by atoms with E-state index in [-0.39, 0.29) is 47.9 Å². The highest BCUT2D eigenvalue weighted by molar-refractivity contribution is 5.97. The lowest BCUT2D eigenvalue weighted by atomic mass is 9.79. The van der Waals surface area contributed by atoms with E-state index in [0.29, 0.717) is 37.8 Å². The summed E-state index contributed by atoms with van der Waals surface area (Å²) in [6.07, 6.45) is -13.1. The highest BCUT2D eigenvalue weighted by Crippen LogP contribution is 2.46. The molecule has 1 aliphatic heterocycles. The largest absolute Gasteiger partial charge is 0.416 e. The van der Waals surface area contributed by atoms with Gasteiger partial charge in [-0.05, 0) is 97.7 Å². The molecule has 1 aliphatic carbocycles. The summed E-state index contributed by atoms with van der Waals surface area (Å²) < 4.78 is 124. The summed E-state index contributed by atoms with van der Waals surface area (Å²) in [7, 11) is 1.36. The van der Waals surface area contributed by atoms with E-state index >= 15 is 0 Å². The SMILES string of the molecule is C[C@@H]1C[C@@H](N(Cc2cc(C(F)(F)F)cc(C(F)(F)F)c2)c2nnn(C)n2)c2cc(C(F)(F)F)ccc2N1C(=O)C1CCC(CC(N)=O)CC1. The minimum absolute atomic E-state index is 0.00749. The first-order valence-electron chi connectivity index (χ1n) is 15.3. The van der Waals surface area contributed by atoms with Crippen LogP contribution in [-0.2, 0) is 41.7 Å². The normalized spacial score (nSPS) is 21.7. The number of alkyl halides is 9. The molecule has 49 heavy (non-hydrogen) atoms. The molecule has 0 unspecified atom stereocenters. The van der Waals surface area contributed by atoms with Crippen LogP contribution in [0.5, 0.6) is 0 Å². The van der Waals surface area contributed by atoms with Crippen LogP contribution in [0.25, 0.3) is 0 Å². The van der Waals surface area contributed by atoms with Crippen LogP contribution in [0.1, 0.15) is 79.3 Å². The molecule has 9 nitrogen and oxygen atoms in total. The third-order valence-electron chi connectivity index (χ3n) is 9.03. The van der Waals surface area contributed by atoms with Crippen molar-refractivity contribution < 1.29 is 49.1 Å². The molecule has 1 aromatic heterocycles. The zero-order valence-corrected chi connectivity index (χ0v) is 26.2. The first-order valence-corrected chi connectivity index (χ1v) is 15.3. The Hall–Kier alpha value is -4.38. The molecule has 0 bridgehead atoms. The van der Waals surface area contributed by atoms with E-state index in [4.69, 9.17) is 5.73 Å². The Bertz CT molecular complexity index is 1660. The number of tetrazole rings is 1. The van der Waals surface area contributed by atoms with Gasteiger partial charge in [0.15, 0.2) is 0 Å². The van der Waals surface area contributed by atoms with Crippen molar-refractivity contribution >= 4 is 23.5 Å². The Morgan fingerprint density at radius 1 is 0.878 bits per heavy atom. The third kappa shape index (κ3) is 7.93. The van der Waals surface area contributed by atoms with E-state index in [1.165, 1.54) is 16.8 Å². The molecule has 2 aliphatic rings. The summed E-state index contributed by atoms with van der Waals surface area (Å²) >= 11 is 0. The van der Waals surface area contributed by atoms with Crippen LogP contribution in [0, 0.1) is 11.8 Å².